The molecule has 3 nitrogen and oxygen atoms in total. The number of hydrogen-bond acceptors (Lipinski definition) is 4. The molecule has 0 bridgehead atoms. The summed E-state index contributed by atoms with van der Waals surface area (Å²) in [5.74, 6) is 0. The molecule has 73 heavy (non-hydrogen) atoms. The highest BCUT2D eigenvalue weighted by atomic mass is 32.1. The van der Waals surface area contributed by atoms with Crippen LogP contribution in [0.1, 0.15) is 22.3 Å². The van der Waals surface area contributed by atoms with Crippen LogP contribution in [0.15, 0.2) is 273 Å². The first-order valence-corrected chi connectivity index (χ1v) is 25.9. The van der Waals surface area contributed by atoms with E-state index in [1.54, 1.807) is 0 Å². The van der Waals surface area contributed by atoms with Gasteiger partial charge in [-0.15, -0.1) is 11.3 Å². The molecule has 12 aromatic carbocycles. The van der Waals surface area contributed by atoms with Crippen LogP contribution in [0.2, 0.25) is 0 Å². The van der Waals surface area contributed by atoms with Gasteiger partial charge in [0.25, 0.3) is 0 Å². The van der Waals surface area contributed by atoms with Crippen LogP contribution in [0.3, 0.4) is 0 Å². The second-order valence-electron chi connectivity index (χ2n) is 19.1. The Kier molecular flexibility index (Phi) is 9.35. The van der Waals surface area contributed by atoms with Gasteiger partial charge >= 0.3 is 0 Å². The maximum atomic E-state index is 2.54. The van der Waals surface area contributed by atoms with E-state index >= 15 is 0 Å². The summed E-state index contributed by atoms with van der Waals surface area (Å²) in [4.78, 5) is 7.42. The monoisotopic (exact) mass is 947 g/mol. The SMILES string of the molecule is c1ccc(N2c3ccccc3C3(c4ccccc4-c4ccc(N(c5ccccc5)c5cc6ccccc6c6sc7c8ccccc8c(N(c8ccccc8)c8ccccc8)cc7c56)cc43)c3ccccc32)cc1. The molecule has 0 amide bonds. The molecule has 0 fully saturated rings. The molecule has 1 aromatic heterocycles. The van der Waals surface area contributed by atoms with Crippen LogP contribution in [-0.2, 0) is 5.41 Å². The number of fused-ring (bicyclic) bond motifs is 16. The molecule has 0 radical (unpaired) electrons. The van der Waals surface area contributed by atoms with Crippen LogP contribution in [-0.4, -0.2) is 0 Å². The Morgan fingerprint density at radius 2 is 0.808 bits per heavy atom. The molecule has 4 heteroatoms. The van der Waals surface area contributed by atoms with Crippen LogP contribution < -0.4 is 14.7 Å². The van der Waals surface area contributed by atoms with Crippen molar-refractivity contribution in [2.45, 2.75) is 5.41 Å². The van der Waals surface area contributed by atoms with E-state index in [9.17, 15) is 0 Å². The number of hydrogen-bond donors (Lipinski definition) is 0. The Bertz CT molecular complexity index is 4190. The summed E-state index contributed by atoms with van der Waals surface area (Å²) < 4.78 is 2.56. The van der Waals surface area contributed by atoms with E-state index < -0.39 is 5.41 Å². The van der Waals surface area contributed by atoms with Gasteiger partial charge in [-0.1, -0.05) is 188 Å². The maximum Gasteiger partial charge on any atom is 0.0755 e. The van der Waals surface area contributed by atoms with Gasteiger partial charge in [-0.25, -0.2) is 0 Å². The fourth-order valence-electron chi connectivity index (χ4n) is 12.4. The van der Waals surface area contributed by atoms with E-state index in [0.29, 0.717) is 0 Å². The molecular weight excluding hydrogens is 903 g/mol. The normalized spacial score (nSPS) is 13.0. The van der Waals surface area contributed by atoms with Gasteiger partial charge in [-0.2, -0.15) is 0 Å². The third-order valence-electron chi connectivity index (χ3n) is 15.4. The van der Waals surface area contributed by atoms with E-state index in [1.807, 2.05) is 11.3 Å². The highest BCUT2D eigenvalue weighted by Crippen LogP contribution is 2.64. The first-order valence-electron chi connectivity index (χ1n) is 25.1. The summed E-state index contributed by atoms with van der Waals surface area (Å²) in [5.41, 5.74) is 17.3. The minimum Gasteiger partial charge on any atom is -0.310 e. The van der Waals surface area contributed by atoms with Gasteiger partial charge in [0.15, 0.2) is 0 Å². The molecule has 1 spiro atoms. The predicted molar refractivity (Wildman–Crippen MR) is 309 cm³/mol. The third kappa shape index (κ3) is 6.11. The van der Waals surface area contributed by atoms with Gasteiger partial charge in [0, 0.05) is 59.4 Å². The van der Waals surface area contributed by atoms with Gasteiger partial charge in [0.05, 0.1) is 28.2 Å². The third-order valence-corrected chi connectivity index (χ3v) is 16.6. The lowest BCUT2D eigenvalue weighted by Gasteiger charge is -2.45. The van der Waals surface area contributed by atoms with Crippen molar-refractivity contribution in [2.24, 2.45) is 0 Å². The van der Waals surface area contributed by atoms with Gasteiger partial charge in [-0.05, 0) is 129 Å². The van der Waals surface area contributed by atoms with E-state index in [-0.39, 0.29) is 0 Å². The molecule has 13 aromatic rings. The molecular formula is C69H45N3S. The maximum absolute atomic E-state index is 2.54. The average molecular weight is 948 g/mol. The number of rotatable bonds is 7. The quantitative estimate of drug-likeness (QED) is 0.158. The van der Waals surface area contributed by atoms with E-state index in [2.05, 4.69) is 288 Å². The molecule has 2 aliphatic rings. The Morgan fingerprint density at radius 1 is 0.315 bits per heavy atom. The lowest BCUT2D eigenvalue weighted by Crippen LogP contribution is -2.36. The van der Waals surface area contributed by atoms with Crippen molar-refractivity contribution in [3.8, 4) is 11.1 Å². The predicted octanol–water partition coefficient (Wildman–Crippen LogP) is 19.4. The van der Waals surface area contributed by atoms with Gasteiger partial charge in [0.2, 0.25) is 0 Å². The molecule has 0 saturated carbocycles. The van der Waals surface area contributed by atoms with Crippen LogP contribution >= 0.6 is 11.3 Å². The van der Waals surface area contributed by atoms with Crippen molar-refractivity contribution in [1.82, 2.24) is 0 Å². The van der Waals surface area contributed by atoms with Gasteiger partial charge in [0.1, 0.15) is 0 Å². The molecule has 0 unspecified atom stereocenters. The molecule has 0 saturated heterocycles. The van der Waals surface area contributed by atoms with Crippen molar-refractivity contribution >= 4 is 104 Å². The lowest BCUT2D eigenvalue weighted by molar-refractivity contribution is 0.752. The Morgan fingerprint density at radius 3 is 1.45 bits per heavy atom. The number of thiophene rings is 1. The topological polar surface area (TPSA) is 9.72 Å². The average Bonchev–Trinajstić information content (AvgIpc) is 4.00. The van der Waals surface area contributed by atoms with Crippen molar-refractivity contribution in [3.63, 3.8) is 0 Å². The number of nitrogens with zero attached hydrogens (tertiary/aromatic N) is 3. The molecule has 0 atom stereocenters. The first kappa shape index (κ1) is 41.6. The van der Waals surface area contributed by atoms with E-state index in [0.717, 1.165) is 39.8 Å². The van der Waals surface area contributed by atoms with E-state index in [1.165, 1.54) is 86.5 Å². The van der Waals surface area contributed by atoms with Crippen molar-refractivity contribution in [1.29, 1.82) is 0 Å². The second kappa shape index (κ2) is 16.4. The largest absolute Gasteiger partial charge is 0.310 e. The summed E-state index contributed by atoms with van der Waals surface area (Å²) >= 11 is 1.92. The summed E-state index contributed by atoms with van der Waals surface area (Å²) in [6.07, 6.45) is 0. The van der Waals surface area contributed by atoms with Crippen molar-refractivity contribution in [3.05, 3.63) is 295 Å². The van der Waals surface area contributed by atoms with Crippen LogP contribution in [0.5, 0.6) is 0 Å². The minimum absolute atomic E-state index is 0.608. The highest BCUT2D eigenvalue weighted by Gasteiger charge is 2.52. The fraction of sp³-hybridized carbons (Fsp3) is 0.0145. The summed E-state index contributed by atoms with van der Waals surface area (Å²) in [5, 5.41) is 7.38. The zero-order valence-electron chi connectivity index (χ0n) is 39.7. The Labute approximate surface area is 428 Å². The number of anilines is 9. The standard InChI is InChI=1S/C69H45N3S/c1-5-24-47(25-6-1)70(48-26-7-2-8-27-48)64-45-57-66-65(43-46-23-13-14-32-52(46)68(66)73-67(57)56-35-16-15-34-55(56)64)71(49-28-9-3-10-29-49)51-41-42-54-53-33-17-18-36-58(53)69(61(54)44-51)59-37-19-21-39-62(59)72(50-30-11-4-12-31-50)63-40-22-20-38-60(63)69/h1-45H. The molecule has 15 rings (SSSR count). The summed E-state index contributed by atoms with van der Waals surface area (Å²) in [6, 6.07) is 101. The summed E-state index contributed by atoms with van der Waals surface area (Å²) in [6.45, 7) is 0. The number of benzene rings is 12. The van der Waals surface area contributed by atoms with Crippen LogP contribution in [0.4, 0.5) is 51.2 Å². The number of para-hydroxylation sites is 6. The second-order valence-corrected chi connectivity index (χ2v) is 20.2. The Hall–Kier alpha value is -9.22. The smallest absolute Gasteiger partial charge is 0.0755 e. The lowest BCUT2D eigenvalue weighted by atomic mass is 9.64. The zero-order valence-corrected chi connectivity index (χ0v) is 40.5. The highest BCUT2D eigenvalue weighted by molar-refractivity contribution is 7.27. The molecule has 342 valence electrons. The van der Waals surface area contributed by atoms with E-state index in [4.69, 9.17) is 0 Å². The molecule has 2 heterocycles. The zero-order chi connectivity index (χ0) is 48.0. The first-order chi connectivity index (χ1) is 36.3. The molecule has 0 N–H and O–H groups in total. The van der Waals surface area contributed by atoms with Crippen LogP contribution in [0.25, 0.3) is 52.8 Å². The fourth-order valence-corrected chi connectivity index (χ4v) is 13.8. The molecule has 1 aliphatic heterocycles. The van der Waals surface area contributed by atoms with Gasteiger partial charge in [-0.3, -0.25) is 0 Å². The van der Waals surface area contributed by atoms with Gasteiger partial charge < -0.3 is 14.7 Å². The van der Waals surface area contributed by atoms with Crippen LogP contribution in [0, 0.1) is 0 Å². The molecule has 1 aliphatic carbocycles. The Balaban J connectivity index is 1.04. The minimum atomic E-state index is -0.608. The summed E-state index contributed by atoms with van der Waals surface area (Å²) in [7, 11) is 0. The van der Waals surface area contributed by atoms with Crippen molar-refractivity contribution in [2.75, 3.05) is 14.7 Å². The van der Waals surface area contributed by atoms with Crippen molar-refractivity contribution < 1.29 is 0 Å².